The van der Waals surface area contributed by atoms with Crippen LogP contribution in [0.5, 0.6) is 5.75 Å². The van der Waals surface area contributed by atoms with Crippen molar-refractivity contribution in [3.05, 3.63) is 24.3 Å². The summed E-state index contributed by atoms with van der Waals surface area (Å²) >= 11 is 0. The number of nitrogens with zero attached hydrogens (tertiary/aromatic N) is 2. The van der Waals surface area contributed by atoms with Gasteiger partial charge in [0.15, 0.2) is 0 Å². The third-order valence-corrected chi connectivity index (χ3v) is 3.68. The number of benzene rings is 1. The first-order valence-electron chi connectivity index (χ1n) is 7.71. The zero-order chi connectivity index (χ0) is 15.2. The van der Waals surface area contributed by atoms with E-state index in [2.05, 4.69) is 15.9 Å². The topological polar surface area (TPSA) is 62.0 Å². The van der Waals surface area contributed by atoms with E-state index in [1.165, 1.54) is 0 Å². The molecule has 5 heteroatoms. The number of aliphatic hydroxyl groups excluding tert-OH is 1. The fourth-order valence-electron chi connectivity index (χ4n) is 2.62. The summed E-state index contributed by atoms with van der Waals surface area (Å²) in [5, 5.41) is 9.64. The van der Waals surface area contributed by atoms with Gasteiger partial charge in [-0.1, -0.05) is 12.1 Å². The lowest BCUT2D eigenvalue weighted by molar-refractivity contribution is 0.115. The van der Waals surface area contributed by atoms with Crippen LogP contribution in [0.3, 0.4) is 0 Å². The van der Waals surface area contributed by atoms with Crippen LogP contribution in [0, 0.1) is 0 Å². The summed E-state index contributed by atoms with van der Waals surface area (Å²) < 4.78 is 5.90. The first-order chi connectivity index (χ1) is 10.1. The van der Waals surface area contributed by atoms with Crippen molar-refractivity contribution >= 4 is 5.69 Å². The van der Waals surface area contributed by atoms with Gasteiger partial charge in [-0.25, -0.2) is 0 Å². The van der Waals surface area contributed by atoms with Crippen LogP contribution in [0.15, 0.2) is 24.3 Å². The average Bonchev–Trinajstić information content (AvgIpc) is 2.48. The third-order valence-electron chi connectivity index (χ3n) is 3.68. The van der Waals surface area contributed by atoms with Gasteiger partial charge in [0.25, 0.3) is 0 Å². The monoisotopic (exact) mass is 293 g/mol. The molecule has 2 rings (SSSR count). The Balaban J connectivity index is 1.96. The second-order valence-corrected chi connectivity index (χ2v) is 5.81. The van der Waals surface area contributed by atoms with Crippen molar-refractivity contribution in [3.63, 3.8) is 0 Å². The molecule has 118 valence electrons. The van der Waals surface area contributed by atoms with Crippen molar-refractivity contribution < 1.29 is 9.84 Å². The molecule has 1 heterocycles. The molecule has 0 aliphatic carbocycles. The van der Waals surface area contributed by atoms with Crippen molar-refractivity contribution in [2.24, 2.45) is 5.73 Å². The second-order valence-electron chi connectivity index (χ2n) is 5.81. The Bertz CT molecular complexity index is 431. The minimum Gasteiger partial charge on any atom is -0.489 e. The van der Waals surface area contributed by atoms with E-state index in [0.29, 0.717) is 13.1 Å². The minimum atomic E-state index is -0.423. The Hall–Kier alpha value is -1.30. The quantitative estimate of drug-likeness (QED) is 0.816. The fourth-order valence-corrected chi connectivity index (χ4v) is 2.62. The van der Waals surface area contributed by atoms with E-state index in [0.717, 1.165) is 37.6 Å². The standard InChI is InChI=1S/C16H27N3O2/c1-13(2)21-16-6-4-3-5-15(16)19-9-7-18(8-10-19)12-14(20)11-17/h3-6,13-14,20H,7-12,17H2,1-2H3. The Morgan fingerprint density at radius 1 is 1.19 bits per heavy atom. The number of anilines is 1. The van der Waals surface area contributed by atoms with Crippen molar-refractivity contribution in [1.29, 1.82) is 0 Å². The molecular formula is C16H27N3O2. The van der Waals surface area contributed by atoms with E-state index < -0.39 is 6.10 Å². The molecule has 1 aliphatic heterocycles. The van der Waals surface area contributed by atoms with Crippen molar-refractivity contribution in [3.8, 4) is 5.75 Å². The molecule has 1 fully saturated rings. The van der Waals surface area contributed by atoms with Gasteiger partial charge < -0.3 is 20.5 Å². The van der Waals surface area contributed by atoms with Gasteiger partial charge in [0.05, 0.1) is 17.9 Å². The first kappa shape index (κ1) is 16.1. The summed E-state index contributed by atoms with van der Waals surface area (Å²) in [6.07, 6.45) is -0.250. The van der Waals surface area contributed by atoms with Gasteiger partial charge >= 0.3 is 0 Å². The molecule has 21 heavy (non-hydrogen) atoms. The molecule has 3 N–H and O–H groups in total. The van der Waals surface area contributed by atoms with E-state index in [1.54, 1.807) is 0 Å². The van der Waals surface area contributed by atoms with E-state index in [4.69, 9.17) is 10.5 Å². The lowest BCUT2D eigenvalue weighted by atomic mass is 10.2. The van der Waals surface area contributed by atoms with Crippen molar-refractivity contribution in [2.75, 3.05) is 44.2 Å². The van der Waals surface area contributed by atoms with Gasteiger partial charge in [0, 0.05) is 39.3 Å². The SMILES string of the molecule is CC(C)Oc1ccccc1N1CCN(CC(O)CN)CC1. The van der Waals surface area contributed by atoms with Gasteiger partial charge in [-0.05, 0) is 26.0 Å². The largest absolute Gasteiger partial charge is 0.489 e. The van der Waals surface area contributed by atoms with Crippen LogP contribution < -0.4 is 15.4 Å². The first-order valence-corrected chi connectivity index (χ1v) is 7.71. The van der Waals surface area contributed by atoms with Crippen LogP contribution in [0.1, 0.15) is 13.8 Å². The van der Waals surface area contributed by atoms with Gasteiger partial charge in [0.1, 0.15) is 5.75 Å². The average molecular weight is 293 g/mol. The number of hydrogen-bond donors (Lipinski definition) is 2. The number of rotatable bonds is 6. The molecule has 0 aromatic heterocycles. The minimum absolute atomic E-state index is 0.173. The van der Waals surface area contributed by atoms with Gasteiger partial charge in [0.2, 0.25) is 0 Å². The number of β-amino-alcohol motifs (C(OH)–C–C–N with tert-alkyl or cyclic N) is 1. The van der Waals surface area contributed by atoms with Gasteiger partial charge in [-0.15, -0.1) is 0 Å². The summed E-state index contributed by atoms with van der Waals surface area (Å²) in [5.41, 5.74) is 6.63. The summed E-state index contributed by atoms with van der Waals surface area (Å²) in [4.78, 5) is 4.61. The molecule has 0 bridgehead atoms. The van der Waals surface area contributed by atoms with Crippen LogP contribution in [0.4, 0.5) is 5.69 Å². The summed E-state index contributed by atoms with van der Waals surface area (Å²) in [5.74, 6) is 0.947. The highest BCUT2D eigenvalue weighted by atomic mass is 16.5. The highest BCUT2D eigenvalue weighted by molar-refractivity contribution is 5.58. The van der Waals surface area contributed by atoms with Crippen molar-refractivity contribution in [1.82, 2.24) is 4.90 Å². The molecule has 0 radical (unpaired) electrons. The molecule has 1 aromatic rings. The molecule has 1 saturated heterocycles. The Kier molecular flexibility index (Phi) is 5.85. The van der Waals surface area contributed by atoms with E-state index in [-0.39, 0.29) is 6.10 Å². The molecule has 1 atom stereocenters. The van der Waals surface area contributed by atoms with E-state index >= 15 is 0 Å². The molecule has 5 nitrogen and oxygen atoms in total. The maximum Gasteiger partial charge on any atom is 0.142 e. The summed E-state index contributed by atoms with van der Waals surface area (Å²) in [7, 11) is 0. The molecule has 1 aromatic carbocycles. The predicted octanol–water partition coefficient (Wildman–Crippen LogP) is 0.915. The number of para-hydroxylation sites is 2. The van der Waals surface area contributed by atoms with Crippen LogP contribution in [0.25, 0.3) is 0 Å². The normalized spacial score (nSPS) is 18.0. The van der Waals surface area contributed by atoms with Crippen LogP contribution >= 0.6 is 0 Å². The number of aliphatic hydroxyl groups is 1. The smallest absolute Gasteiger partial charge is 0.142 e. The summed E-state index contributed by atoms with van der Waals surface area (Å²) in [6, 6.07) is 8.20. The molecule has 1 unspecified atom stereocenters. The Morgan fingerprint density at radius 2 is 1.86 bits per heavy atom. The fraction of sp³-hybridized carbons (Fsp3) is 0.625. The number of piperazine rings is 1. The maximum absolute atomic E-state index is 9.64. The van der Waals surface area contributed by atoms with Gasteiger partial charge in [-0.2, -0.15) is 0 Å². The molecule has 0 saturated carbocycles. The third kappa shape index (κ3) is 4.59. The van der Waals surface area contributed by atoms with E-state index in [9.17, 15) is 5.11 Å². The second kappa shape index (κ2) is 7.64. The lowest BCUT2D eigenvalue weighted by Gasteiger charge is -2.37. The number of ether oxygens (including phenoxy) is 1. The molecule has 0 amide bonds. The Morgan fingerprint density at radius 3 is 2.48 bits per heavy atom. The lowest BCUT2D eigenvalue weighted by Crippen LogP contribution is -2.49. The maximum atomic E-state index is 9.64. The number of nitrogens with two attached hydrogens (primary N) is 1. The molecule has 1 aliphatic rings. The van der Waals surface area contributed by atoms with Gasteiger partial charge in [-0.3, -0.25) is 4.90 Å². The Labute approximate surface area is 127 Å². The highest BCUT2D eigenvalue weighted by Crippen LogP contribution is 2.29. The zero-order valence-corrected chi connectivity index (χ0v) is 13.0. The van der Waals surface area contributed by atoms with Crippen LogP contribution in [-0.4, -0.2) is 61.5 Å². The summed E-state index contributed by atoms with van der Waals surface area (Å²) in [6.45, 7) is 8.83. The van der Waals surface area contributed by atoms with Crippen LogP contribution in [0.2, 0.25) is 0 Å². The highest BCUT2D eigenvalue weighted by Gasteiger charge is 2.21. The van der Waals surface area contributed by atoms with Crippen LogP contribution in [-0.2, 0) is 0 Å². The van der Waals surface area contributed by atoms with E-state index in [1.807, 2.05) is 32.0 Å². The van der Waals surface area contributed by atoms with Crippen molar-refractivity contribution in [2.45, 2.75) is 26.1 Å². The molecular weight excluding hydrogens is 266 g/mol. The molecule has 0 spiro atoms. The predicted molar refractivity (Wildman–Crippen MR) is 85.9 cm³/mol. The number of hydrogen-bond acceptors (Lipinski definition) is 5. The zero-order valence-electron chi connectivity index (χ0n) is 13.0.